The zero-order chi connectivity index (χ0) is 18.2. The highest BCUT2D eigenvalue weighted by Crippen LogP contribution is 2.13. The molecule has 0 aliphatic heterocycles. The molecule has 2 rings (SSSR count). The van der Waals surface area contributed by atoms with E-state index in [1.807, 2.05) is 44.2 Å². The van der Waals surface area contributed by atoms with E-state index in [1.54, 1.807) is 12.1 Å². The SMILES string of the molecule is Cc1ccc(C)c(CC(=O)NCCc2ccc(OCC(=O)O)cc2)c1. The topological polar surface area (TPSA) is 75.6 Å². The second-order valence-electron chi connectivity index (χ2n) is 6.03. The summed E-state index contributed by atoms with van der Waals surface area (Å²) in [5.74, 6) is -0.476. The predicted octanol–water partition coefficient (Wildman–Crippen LogP) is 2.67. The van der Waals surface area contributed by atoms with Crippen molar-refractivity contribution >= 4 is 11.9 Å². The Morgan fingerprint density at radius 3 is 2.48 bits per heavy atom. The van der Waals surface area contributed by atoms with Crippen LogP contribution in [0.2, 0.25) is 0 Å². The van der Waals surface area contributed by atoms with Crippen molar-refractivity contribution in [3.63, 3.8) is 0 Å². The molecular weight excluding hydrogens is 318 g/mol. The van der Waals surface area contributed by atoms with Crippen molar-refractivity contribution in [2.75, 3.05) is 13.2 Å². The molecule has 5 heteroatoms. The van der Waals surface area contributed by atoms with E-state index in [4.69, 9.17) is 9.84 Å². The van der Waals surface area contributed by atoms with Gasteiger partial charge in [-0.05, 0) is 49.1 Å². The Morgan fingerprint density at radius 1 is 1.08 bits per heavy atom. The third kappa shape index (κ3) is 6.30. The molecule has 5 nitrogen and oxygen atoms in total. The number of rotatable bonds is 8. The van der Waals surface area contributed by atoms with Gasteiger partial charge in [0.15, 0.2) is 6.61 Å². The van der Waals surface area contributed by atoms with E-state index in [0.717, 1.165) is 22.3 Å². The molecule has 0 heterocycles. The van der Waals surface area contributed by atoms with E-state index in [2.05, 4.69) is 5.32 Å². The van der Waals surface area contributed by atoms with E-state index >= 15 is 0 Å². The van der Waals surface area contributed by atoms with E-state index in [-0.39, 0.29) is 12.5 Å². The summed E-state index contributed by atoms with van der Waals surface area (Å²) in [6.45, 7) is 4.23. The van der Waals surface area contributed by atoms with Crippen LogP contribution in [0.4, 0.5) is 0 Å². The van der Waals surface area contributed by atoms with Crippen LogP contribution in [0.1, 0.15) is 22.3 Å². The van der Waals surface area contributed by atoms with E-state index in [0.29, 0.717) is 25.1 Å². The largest absolute Gasteiger partial charge is 0.482 e. The third-order valence-electron chi connectivity index (χ3n) is 3.88. The number of carboxylic acids is 1. The van der Waals surface area contributed by atoms with Crippen molar-refractivity contribution in [2.24, 2.45) is 0 Å². The smallest absolute Gasteiger partial charge is 0.341 e. The number of aliphatic carboxylic acids is 1. The third-order valence-corrected chi connectivity index (χ3v) is 3.88. The first-order chi connectivity index (χ1) is 11.9. The van der Waals surface area contributed by atoms with Crippen molar-refractivity contribution in [3.8, 4) is 5.75 Å². The maximum absolute atomic E-state index is 12.1. The lowest BCUT2D eigenvalue weighted by molar-refractivity contribution is -0.139. The molecule has 2 N–H and O–H groups in total. The minimum Gasteiger partial charge on any atom is -0.482 e. The Labute approximate surface area is 147 Å². The fraction of sp³-hybridized carbons (Fsp3) is 0.300. The Kier molecular flexibility index (Phi) is 6.57. The molecule has 2 aromatic carbocycles. The molecule has 132 valence electrons. The van der Waals surface area contributed by atoms with Crippen molar-refractivity contribution in [1.82, 2.24) is 5.32 Å². The van der Waals surface area contributed by atoms with Gasteiger partial charge in [0.25, 0.3) is 0 Å². The lowest BCUT2D eigenvalue weighted by atomic mass is 10.0. The summed E-state index contributed by atoms with van der Waals surface area (Å²) < 4.78 is 5.08. The lowest BCUT2D eigenvalue weighted by Gasteiger charge is -2.09. The second kappa shape index (κ2) is 8.87. The average molecular weight is 341 g/mol. The number of carbonyl (C=O) groups is 2. The number of amides is 1. The van der Waals surface area contributed by atoms with Crippen LogP contribution in [0.3, 0.4) is 0 Å². The van der Waals surface area contributed by atoms with Crippen LogP contribution in [0.5, 0.6) is 5.75 Å². The van der Waals surface area contributed by atoms with Crippen LogP contribution >= 0.6 is 0 Å². The van der Waals surface area contributed by atoms with Gasteiger partial charge in [-0.15, -0.1) is 0 Å². The number of carboxylic acid groups (broad SMARTS) is 1. The summed E-state index contributed by atoms with van der Waals surface area (Å²) in [4.78, 5) is 22.5. The maximum Gasteiger partial charge on any atom is 0.341 e. The minimum absolute atomic E-state index is 0.00936. The Morgan fingerprint density at radius 2 is 1.80 bits per heavy atom. The zero-order valence-electron chi connectivity index (χ0n) is 14.5. The first-order valence-electron chi connectivity index (χ1n) is 8.20. The second-order valence-corrected chi connectivity index (χ2v) is 6.03. The monoisotopic (exact) mass is 341 g/mol. The molecule has 0 aromatic heterocycles. The van der Waals surface area contributed by atoms with Gasteiger partial charge in [-0.2, -0.15) is 0 Å². The van der Waals surface area contributed by atoms with Gasteiger partial charge in [-0.3, -0.25) is 4.79 Å². The highest BCUT2D eigenvalue weighted by molar-refractivity contribution is 5.79. The summed E-state index contributed by atoms with van der Waals surface area (Å²) in [6.07, 6.45) is 1.09. The summed E-state index contributed by atoms with van der Waals surface area (Å²) in [5, 5.41) is 11.5. The number of hydrogen-bond acceptors (Lipinski definition) is 3. The molecule has 0 bridgehead atoms. The summed E-state index contributed by atoms with van der Waals surface area (Å²) in [7, 11) is 0. The summed E-state index contributed by atoms with van der Waals surface area (Å²) in [5.41, 5.74) is 4.38. The minimum atomic E-state index is -1.00. The summed E-state index contributed by atoms with van der Waals surface area (Å²) >= 11 is 0. The van der Waals surface area contributed by atoms with Crippen molar-refractivity contribution in [3.05, 3.63) is 64.7 Å². The predicted molar refractivity (Wildman–Crippen MR) is 95.9 cm³/mol. The lowest BCUT2D eigenvalue weighted by Crippen LogP contribution is -2.27. The number of ether oxygens (including phenoxy) is 1. The average Bonchev–Trinajstić information content (AvgIpc) is 2.57. The molecule has 0 unspecified atom stereocenters. The van der Waals surface area contributed by atoms with Gasteiger partial charge in [-0.25, -0.2) is 4.79 Å². The van der Waals surface area contributed by atoms with Crippen LogP contribution in [0.25, 0.3) is 0 Å². The Balaban J connectivity index is 1.77. The van der Waals surface area contributed by atoms with Gasteiger partial charge in [0.05, 0.1) is 6.42 Å². The molecule has 1 amide bonds. The van der Waals surface area contributed by atoms with E-state index in [9.17, 15) is 9.59 Å². The molecule has 25 heavy (non-hydrogen) atoms. The molecule has 0 aliphatic rings. The van der Waals surface area contributed by atoms with Gasteiger partial charge >= 0.3 is 5.97 Å². The Bertz CT molecular complexity index is 738. The molecule has 0 saturated heterocycles. The highest BCUT2D eigenvalue weighted by atomic mass is 16.5. The molecular formula is C20H23NO4. The number of hydrogen-bond donors (Lipinski definition) is 2. The van der Waals surface area contributed by atoms with Crippen molar-refractivity contribution in [1.29, 1.82) is 0 Å². The normalized spacial score (nSPS) is 10.3. The van der Waals surface area contributed by atoms with E-state index < -0.39 is 5.97 Å². The first-order valence-corrected chi connectivity index (χ1v) is 8.20. The number of nitrogens with one attached hydrogen (secondary N) is 1. The molecule has 0 spiro atoms. The van der Waals surface area contributed by atoms with Crippen molar-refractivity contribution < 1.29 is 19.4 Å². The fourth-order valence-corrected chi connectivity index (χ4v) is 2.47. The molecule has 0 aliphatic carbocycles. The molecule has 0 saturated carbocycles. The molecule has 0 radical (unpaired) electrons. The van der Waals surface area contributed by atoms with Crippen LogP contribution in [0.15, 0.2) is 42.5 Å². The van der Waals surface area contributed by atoms with Gasteiger partial charge < -0.3 is 15.2 Å². The van der Waals surface area contributed by atoms with Crippen molar-refractivity contribution in [2.45, 2.75) is 26.7 Å². The van der Waals surface area contributed by atoms with Crippen LogP contribution < -0.4 is 10.1 Å². The highest BCUT2D eigenvalue weighted by Gasteiger charge is 2.06. The number of carbonyl (C=O) groups excluding carboxylic acids is 1. The summed E-state index contributed by atoms with van der Waals surface area (Å²) in [6, 6.07) is 13.3. The molecule has 0 atom stereocenters. The van der Waals surface area contributed by atoms with Gasteiger partial charge in [0, 0.05) is 6.54 Å². The first kappa shape index (κ1) is 18.5. The van der Waals surface area contributed by atoms with Gasteiger partial charge in [0.2, 0.25) is 5.91 Å². The van der Waals surface area contributed by atoms with E-state index in [1.165, 1.54) is 0 Å². The van der Waals surface area contributed by atoms with Crippen LogP contribution in [-0.2, 0) is 22.4 Å². The van der Waals surface area contributed by atoms with Gasteiger partial charge in [0.1, 0.15) is 5.75 Å². The van der Waals surface area contributed by atoms with Crippen LogP contribution in [-0.4, -0.2) is 30.1 Å². The fourth-order valence-electron chi connectivity index (χ4n) is 2.47. The van der Waals surface area contributed by atoms with Gasteiger partial charge in [-0.1, -0.05) is 35.9 Å². The standard InChI is InChI=1S/C20H23NO4/c1-14-3-4-15(2)17(11-14)12-19(22)21-10-9-16-5-7-18(8-6-16)25-13-20(23)24/h3-8,11H,9-10,12-13H2,1-2H3,(H,21,22)(H,23,24). The quantitative estimate of drug-likeness (QED) is 0.774. The van der Waals surface area contributed by atoms with Crippen LogP contribution in [0, 0.1) is 13.8 Å². The number of benzene rings is 2. The maximum atomic E-state index is 12.1. The Hall–Kier alpha value is -2.82. The molecule has 0 fully saturated rings. The molecule has 2 aromatic rings. The zero-order valence-corrected chi connectivity index (χ0v) is 14.5. The number of aryl methyl sites for hydroxylation is 2.